The van der Waals surface area contributed by atoms with Crippen molar-refractivity contribution in [2.75, 3.05) is 0 Å². The van der Waals surface area contributed by atoms with E-state index < -0.39 is 0 Å². The Hall–Kier alpha value is -2.20. The van der Waals surface area contributed by atoms with E-state index in [0.29, 0.717) is 10.6 Å². The van der Waals surface area contributed by atoms with Crippen molar-refractivity contribution in [1.29, 1.82) is 0 Å². The highest BCUT2D eigenvalue weighted by atomic mass is 35.5. The number of carbonyl (C=O) groups excluding carboxylic acids is 1. The zero-order valence-electron chi connectivity index (χ0n) is 11.8. The van der Waals surface area contributed by atoms with Crippen molar-refractivity contribution in [3.05, 3.63) is 58.5 Å². The molecule has 0 N–H and O–H groups in total. The van der Waals surface area contributed by atoms with Crippen molar-refractivity contribution in [2.24, 2.45) is 7.05 Å². The number of rotatable bonds is 3. The van der Waals surface area contributed by atoms with E-state index in [1.54, 1.807) is 24.0 Å². The van der Waals surface area contributed by atoms with Crippen LogP contribution in [0.3, 0.4) is 0 Å². The van der Waals surface area contributed by atoms with Crippen LogP contribution >= 0.6 is 11.6 Å². The first-order valence-corrected chi connectivity index (χ1v) is 7.00. The predicted molar refractivity (Wildman–Crippen MR) is 82.7 cm³/mol. The van der Waals surface area contributed by atoms with Crippen LogP contribution < -0.4 is 0 Å². The first kappa shape index (κ1) is 13.8. The lowest BCUT2D eigenvalue weighted by Gasteiger charge is -2.06. The predicted octanol–water partition coefficient (Wildman–Crippen LogP) is 3.36. The van der Waals surface area contributed by atoms with E-state index in [9.17, 15) is 4.79 Å². The van der Waals surface area contributed by atoms with Gasteiger partial charge in [0.2, 0.25) is 0 Å². The van der Waals surface area contributed by atoms with Gasteiger partial charge in [0.25, 0.3) is 0 Å². The molecule has 0 atom stereocenters. The Bertz CT molecular complexity index is 833. The molecule has 0 saturated heterocycles. The quantitative estimate of drug-likeness (QED) is 0.697. The maximum Gasteiger partial charge on any atom is 0.171 e. The van der Waals surface area contributed by atoms with Gasteiger partial charge in [-0.1, -0.05) is 29.8 Å². The highest BCUT2D eigenvalue weighted by molar-refractivity contribution is 6.32. The molecule has 0 unspecified atom stereocenters. The van der Waals surface area contributed by atoms with Crippen LogP contribution in [0.4, 0.5) is 0 Å². The summed E-state index contributed by atoms with van der Waals surface area (Å²) in [5.74, 6) is -0.01000. The molecule has 0 aliphatic carbocycles. The molecular formula is C16H14ClN3O. The van der Waals surface area contributed by atoms with Gasteiger partial charge in [0.1, 0.15) is 0 Å². The Balaban J connectivity index is 2.02. The van der Waals surface area contributed by atoms with Gasteiger partial charge in [0.15, 0.2) is 5.78 Å². The summed E-state index contributed by atoms with van der Waals surface area (Å²) >= 11 is 6.21. The molecule has 0 spiro atoms. The molecule has 2 aromatic heterocycles. The lowest BCUT2D eigenvalue weighted by atomic mass is 10.0. The number of aryl methyl sites for hydroxylation is 2. The third-order valence-corrected chi connectivity index (χ3v) is 4.01. The number of ketones is 1. The Morgan fingerprint density at radius 3 is 2.76 bits per heavy atom. The van der Waals surface area contributed by atoms with E-state index in [1.807, 2.05) is 31.2 Å². The fourth-order valence-electron chi connectivity index (χ4n) is 2.45. The largest absolute Gasteiger partial charge is 0.294 e. The van der Waals surface area contributed by atoms with Gasteiger partial charge in [-0.2, -0.15) is 5.10 Å². The number of fused-ring (bicyclic) bond motifs is 1. The van der Waals surface area contributed by atoms with Crippen LogP contribution in [-0.4, -0.2) is 20.5 Å². The number of para-hydroxylation sites is 1. The van der Waals surface area contributed by atoms with E-state index in [4.69, 9.17) is 11.6 Å². The van der Waals surface area contributed by atoms with Crippen molar-refractivity contribution in [3.8, 4) is 0 Å². The van der Waals surface area contributed by atoms with Gasteiger partial charge in [-0.3, -0.25) is 14.5 Å². The molecule has 0 aliphatic heterocycles. The van der Waals surface area contributed by atoms with Crippen LogP contribution in [0.25, 0.3) is 10.9 Å². The normalized spacial score (nSPS) is 11.0. The van der Waals surface area contributed by atoms with Crippen molar-refractivity contribution in [2.45, 2.75) is 13.3 Å². The number of hydrogen-bond donors (Lipinski definition) is 0. The van der Waals surface area contributed by atoms with Crippen LogP contribution in [0, 0.1) is 6.92 Å². The molecular weight excluding hydrogens is 286 g/mol. The number of Topliss-reactive ketones (excluding diaryl/α,β-unsaturated/α-hetero) is 1. The van der Waals surface area contributed by atoms with Crippen LogP contribution in [0.5, 0.6) is 0 Å². The van der Waals surface area contributed by atoms with Gasteiger partial charge < -0.3 is 0 Å². The highest BCUT2D eigenvalue weighted by Crippen LogP contribution is 2.23. The van der Waals surface area contributed by atoms with E-state index in [2.05, 4.69) is 10.1 Å². The molecule has 21 heavy (non-hydrogen) atoms. The maximum absolute atomic E-state index is 12.6. The summed E-state index contributed by atoms with van der Waals surface area (Å²) in [6.45, 7) is 1.83. The van der Waals surface area contributed by atoms with Gasteiger partial charge >= 0.3 is 0 Å². The SMILES string of the molecule is Cc1nn(C)c(CC(=O)c2cccc3cccnc23)c1Cl. The summed E-state index contributed by atoms with van der Waals surface area (Å²) in [5, 5.41) is 5.75. The molecule has 0 fully saturated rings. The topological polar surface area (TPSA) is 47.8 Å². The molecule has 0 saturated carbocycles. The fourth-order valence-corrected chi connectivity index (χ4v) is 2.68. The van der Waals surface area contributed by atoms with E-state index >= 15 is 0 Å². The first-order chi connectivity index (χ1) is 10.1. The number of halogens is 1. The Morgan fingerprint density at radius 2 is 2.05 bits per heavy atom. The summed E-state index contributed by atoms with van der Waals surface area (Å²) in [6, 6.07) is 9.42. The Morgan fingerprint density at radius 1 is 1.29 bits per heavy atom. The summed E-state index contributed by atoms with van der Waals surface area (Å²) in [6.07, 6.45) is 1.91. The number of nitrogens with zero attached hydrogens (tertiary/aromatic N) is 3. The van der Waals surface area contributed by atoms with Gasteiger partial charge in [-0.15, -0.1) is 0 Å². The summed E-state index contributed by atoms with van der Waals surface area (Å²) in [5.41, 5.74) is 2.80. The van der Waals surface area contributed by atoms with Crippen LogP contribution in [0.2, 0.25) is 5.02 Å². The van der Waals surface area contributed by atoms with E-state index in [0.717, 1.165) is 22.3 Å². The van der Waals surface area contributed by atoms with Crippen molar-refractivity contribution >= 4 is 28.3 Å². The number of hydrogen-bond acceptors (Lipinski definition) is 3. The maximum atomic E-state index is 12.6. The molecule has 0 radical (unpaired) electrons. The van der Waals surface area contributed by atoms with Crippen LogP contribution in [0.1, 0.15) is 21.7 Å². The van der Waals surface area contributed by atoms with Gasteiger partial charge in [-0.05, 0) is 19.1 Å². The average Bonchev–Trinajstić information content (AvgIpc) is 2.73. The highest BCUT2D eigenvalue weighted by Gasteiger charge is 2.17. The molecule has 0 aliphatic rings. The van der Waals surface area contributed by atoms with Gasteiger partial charge in [0, 0.05) is 24.2 Å². The molecule has 2 heterocycles. The second-order valence-electron chi connectivity index (χ2n) is 4.95. The smallest absolute Gasteiger partial charge is 0.171 e. The van der Waals surface area contributed by atoms with Crippen molar-refractivity contribution < 1.29 is 4.79 Å². The number of aromatic nitrogens is 3. The van der Waals surface area contributed by atoms with Gasteiger partial charge in [-0.25, -0.2) is 0 Å². The standard InChI is InChI=1S/C16H14ClN3O/c1-10-15(17)13(20(2)19-10)9-14(21)12-7-3-5-11-6-4-8-18-16(11)12/h3-8H,9H2,1-2H3. The monoisotopic (exact) mass is 299 g/mol. The third-order valence-electron chi connectivity index (χ3n) is 3.52. The first-order valence-electron chi connectivity index (χ1n) is 6.63. The summed E-state index contributed by atoms with van der Waals surface area (Å²) in [7, 11) is 1.79. The minimum absolute atomic E-state index is 0.01000. The zero-order valence-corrected chi connectivity index (χ0v) is 12.6. The third kappa shape index (κ3) is 2.43. The molecule has 3 aromatic rings. The van der Waals surface area contributed by atoms with Crippen LogP contribution in [-0.2, 0) is 13.5 Å². The number of carbonyl (C=O) groups is 1. The summed E-state index contributed by atoms with van der Waals surface area (Å²) < 4.78 is 1.66. The van der Waals surface area contributed by atoms with Crippen molar-refractivity contribution in [1.82, 2.24) is 14.8 Å². The lowest BCUT2D eigenvalue weighted by Crippen LogP contribution is -2.09. The minimum atomic E-state index is -0.01000. The zero-order chi connectivity index (χ0) is 15.0. The molecule has 0 bridgehead atoms. The van der Waals surface area contributed by atoms with Crippen LogP contribution in [0.15, 0.2) is 36.5 Å². The Kier molecular flexibility index (Phi) is 3.47. The Labute approximate surface area is 127 Å². The molecule has 5 heteroatoms. The van der Waals surface area contributed by atoms with Crippen molar-refractivity contribution in [3.63, 3.8) is 0 Å². The molecule has 106 valence electrons. The lowest BCUT2D eigenvalue weighted by molar-refractivity contribution is 0.0992. The fraction of sp³-hybridized carbons (Fsp3) is 0.188. The second kappa shape index (κ2) is 5.30. The molecule has 0 amide bonds. The number of benzene rings is 1. The molecule has 1 aromatic carbocycles. The number of pyridine rings is 1. The van der Waals surface area contributed by atoms with E-state index in [1.165, 1.54) is 0 Å². The molecule has 4 nitrogen and oxygen atoms in total. The minimum Gasteiger partial charge on any atom is -0.294 e. The van der Waals surface area contributed by atoms with E-state index in [-0.39, 0.29) is 12.2 Å². The van der Waals surface area contributed by atoms with Gasteiger partial charge in [0.05, 0.1) is 28.3 Å². The average molecular weight is 300 g/mol. The summed E-state index contributed by atoms with van der Waals surface area (Å²) in [4.78, 5) is 16.9. The second-order valence-corrected chi connectivity index (χ2v) is 5.33. The molecule has 3 rings (SSSR count).